The maximum absolute atomic E-state index is 6.74. The van der Waals surface area contributed by atoms with Gasteiger partial charge in [-0.15, -0.1) is 0 Å². The van der Waals surface area contributed by atoms with Gasteiger partial charge in [-0.05, 0) is 70.7 Å². The molecule has 0 spiro atoms. The maximum atomic E-state index is 6.74. The van der Waals surface area contributed by atoms with Crippen molar-refractivity contribution < 1.29 is 4.42 Å². The molecular weight excluding hydrogens is 661 g/mol. The Hall–Kier alpha value is -6.20. The molecule has 1 atom stereocenters. The molecule has 5 heteroatoms. The minimum absolute atomic E-state index is 0.0466. The summed E-state index contributed by atoms with van der Waals surface area (Å²) in [6.07, 6.45) is 1.15. The molecule has 262 valence electrons. The number of fused-ring (bicyclic) bond motifs is 11. The molecule has 54 heavy (non-hydrogen) atoms. The number of hydrogen-bond donors (Lipinski definition) is 0. The minimum Gasteiger partial charge on any atom is -0.450 e. The van der Waals surface area contributed by atoms with Crippen LogP contribution in [-0.4, -0.2) is 19.1 Å². The highest BCUT2D eigenvalue weighted by molar-refractivity contribution is 6.24. The van der Waals surface area contributed by atoms with E-state index >= 15 is 0 Å². The second-order valence-electron chi connectivity index (χ2n) is 16.5. The van der Waals surface area contributed by atoms with Crippen molar-refractivity contribution in [3.8, 4) is 22.9 Å². The summed E-state index contributed by atoms with van der Waals surface area (Å²) in [4.78, 5) is 10.6. The van der Waals surface area contributed by atoms with Crippen LogP contribution < -0.4 is 0 Å². The van der Waals surface area contributed by atoms with Gasteiger partial charge in [0, 0.05) is 38.2 Å². The molecule has 1 aliphatic rings. The Labute approximate surface area is 313 Å². The molecule has 10 aromatic rings. The van der Waals surface area contributed by atoms with E-state index in [2.05, 4.69) is 141 Å². The Morgan fingerprint density at radius 3 is 1.93 bits per heavy atom. The topological polar surface area (TPSA) is 48.8 Å². The van der Waals surface area contributed by atoms with E-state index in [0.717, 1.165) is 56.2 Å². The van der Waals surface area contributed by atoms with E-state index in [1.165, 1.54) is 38.5 Å². The van der Waals surface area contributed by atoms with Crippen LogP contribution in [0, 0.1) is 5.92 Å². The van der Waals surface area contributed by atoms with E-state index in [4.69, 9.17) is 14.4 Å². The summed E-state index contributed by atoms with van der Waals surface area (Å²) in [5.41, 5.74) is 11.9. The Kier molecular flexibility index (Phi) is 6.34. The van der Waals surface area contributed by atoms with Gasteiger partial charge in [-0.25, -0.2) is 9.97 Å². The first-order chi connectivity index (χ1) is 26.2. The van der Waals surface area contributed by atoms with Crippen LogP contribution in [0.1, 0.15) is 52.2 Å². The van der Waals surface area contributed by atoms with Gasteiger partial charge in [0.2, 0.25) is 0 Å². The molecule has 0 saturated heterocycles. The van der Waals surface area contributed by atoms with Gasteiger partial charge < -0.3 is 8.98 Å². The standard InChI is InChI=1S/C49H40N4O/c1-29-28-48(2,3)38-27-31(23-26-37(38)49(29,4)5)52-39-20-12-9-17-32(39)34-24-25-35-33-18-10-13-21-40(33)53(44(35)43(34)52)47-45-42(36-19-11-14-22-41(36)54-45)50-46(51-47)30-15-7-6-8-16-30/h6-27,29H,28H2,1-5H3. The van der Waals surface area contributed by atoms with Crippen molar-refractivity contribution in [2.45, 2.75) is 51.9 Å². The van der Waals surface area contributed by atoms with Crippen molar-refractivity contribution in [2.24, 2.45) is 5.92 Å². The second kappa shape index (κ2) is 10.9. The van der Waals surface area contributed by atoms with Crippen LogP contribution in [0.15, 0.2) is 138 Å². The lowest BCUT2D eigenvalue weighted by molar-refractivity contribution is 0.233. The first-order valence-corrected chi connectivity index (χ1v) is 19.1. The highest BCUT2D eigenvalue weighted by Crippen LogP contribution is 2.50. The Bertz CT molecular complexity index is 3160. The van der Waals surface area contributed by atoms with Crippen LogP contribution in [0.4, 0.5) is 0 Å². The van der Waals surface area contributed by atoms with E-state index in [0.29, 0.717) is 17.3 Å². The molecule has 6 aromatic carbocycles. The van der Waals surface area contributed by atoms with Gasteiger partial charge in [0.05, 0.1) is 22.1 Å². The average Bonchev–Trinajstić information content (AvgIpc) is 3.85. The number of furan rings is 1. The molecule has 5 nitrogen and oxygen atoms in total. The molecule has 0 bridgehead atoms. The van der Waals surface area contributed by atoms with Gasteiger partial charge in [0.25, 0.3) is 0 Å². The summed E-state index contributed by atoms with van der Waals surface area (Å²) >= 11 is 0. The van der Waals surface area contributed by atoms with Crippen LogP contribution in [0.25, 0.3) is 88.6 Å². The monoisotopic (exact) mass is 700 g/mol. The van der Waals surface area contributed by atoms with Crippen LogP contribution >= 0.6 is 0 Å². The summed E-state index contributed by atoms with van der Waals surface area (Å²) in [5, 5.41) is 5.73. The third-order valence-electron chi connectivity index (χ3n) is 12.6. The quantitative estimate of drug-likeness (QED) is 0.184. The highest BCUT2D eigenvalue weighted by Gasteiger charge is 2.42. The molecule has 0 amide bonds. The number of hydrogen-bond acceptors (Lipinski definition) is 3. The van der Waals surface area contributed by atoms with Crippen LogP contribution in [0.5, 0.6) is 0 Å². The number of nitrogens with zero attached hydrogens (tertiary/aromatic N) is 4. The second-order valence-corrected chi connectivity index (χ2v) is 16.5. The summed E-state index contributed by atoms with van der Waals surface area (Å²) in [6.45, 7) is 12.1. The molecule has 1 unspecified atom stereocenters. The molecule has 11 rings (SSSR count). The minimum atomic E-state index is 0.0466. The predicted octanol–water partition coefficient (Wildman–Crippen LogP) is 12.8. The van der Waals surface area contributed by atoms with Gasteiger partial charge in [0.1, 0.15) is 11.1 Å². The first kappa shape index (κ1) is 31.3. The zero-order chi connectivity index (χ0) is 36.5. The third-order valence-corrected chi connectivity index (χ3v) is 12.6. The van der Waals surface area contributed by atoms with Crippen molar-refractivity contribution in [1.82, 2.24) is 19.1 Å². The van der Waals surface area contributed by atoms with Gasteiger partial charge in [0.15, 0.2) is 17.2 Å². The van der Waals surface area contributed by atoms with Gasteiger partial charge in [-0.1, -0.05) is 132 Å². The SMILES string of the molecule is CC1CC(C)(C)c2cc(-n3c4ccccc4c4ccc5c6ccccc6n(-c6nc(-c7ccccc7)nc7c6oc6ccccc67)c5c43)ccc2C1(C)C. The molecule has 4 heterocycles. The molecule has 0 saturated carbocycles. The summed E-state index contributed by atoms with van der Waals surface area (Å²) in [7, 11) is 0. The van der Waals surface area contributed by atoms with E-state index in [1.54, 1.807) is 0 Å². The van der Waals surface area contributed by atoms with Gasteiger partial charge >= 0.3 is 0 Å². The molecular formula is C49H40N4O. The maximum Gasteiger partial charge on any atom is 0.197 e. The lowest BCUT2D eigenvalue weighted by Gasteiger charge is -2.46. The fourth-order valence-corrected chi connectivity index (χ4v) is 9.62. The Morgan fingerprint density at radius 2 is 1.20 bits per heavy atom. The average molecular weight is 701 g/mol. The van der Waals surface area contributed by atoms with Crippen LogP contribution in [0.3, 0.4) is 0 Å². The number of para-hydroxylation sites is 3. The molecule has 1 aliphatic carbocycles. The first-order valence-electron chi connectivity index (χ1n) is 19.1. The zero-order valence-electron chi connectivity index (χ0n) is 31.2. The summed E-state index contributed by atoms with van der Waals surface area (Å²) in [6, 6.07) is 47.8. The van der Waals surface area contributed by atoms with Crippen LogP contribution in [-0.2, 0) is 10.8 Å². The zero-order valence-corrected chi connectivity index (χ0v) is 31.2. The number of rotatable bonds is 3. The lowest BCUT2D eigenvalue weighted by atomic mass is 9.58. The third kappa shape index (κ3) is 4.21. The number of benzene rings is 6. The van der Waals surface area contributed by atoms with Crippen molar-refractivity contribution in [2.75, 3.05) is 0 Å². The molecule has 4 aromatic heterocycles. The largest absolute Gasteiger partial charge is 0.450 e. The molecule has 0 radical (unpaired) electrons. The fourth-order valence-electron chi connectivity index (χ4n) is 9.62. The lowest BCUT2D eigenvalue weighted by Crippen LogP contribution is -2.40. The Morgan fingerprint density at radius 1 is 0.593 bits per heavy atom. The Balaban J connectivity index is 1.32. The molecule has 0 aliphatic heterocycles. The fraction of sp³-hybridized carbons (Fsp3) is 0.184. The van der Waals surface area contributed by atoms with E-state index in [1.807, 2.05) is 36.4 Å². The highest BCUT2D eigenvalue weighted by atomic mass is 16.3. The number of aromatic nitrogens is 4. The van der Waals surface area contributed by atoms with E-state index in [9.17, 15) is 0 Å². The normalized spacial score (nSPS) is 16.6. The summed E-state index contributed by atoms with van der Waals surface area (Å²) < 4.78 is 11.6. The van der Waals surface area contributed by atoms with Crippen molar-refractivity contribution in [3.05, 3.63) is 145 Å². The molecule has 0 N–H and O–H groups in total. The predicted molar refractivity (Wildman–Crippen MR) is 223 cm³/mol. The van der Waals surface area contributed by atoms with Crippen LogP contribution in [0.2, 0.25) is 0 Å². The van der Waals surface area contributed by atoms with Crippen molar-refractivity contribution >= 4 is 65.7 Å². The molecule has 0 fully saturated rings. The van der Waals surface area contributed by atoms with Crippen molar-refractivity contribution in [1.29, 1.82) is 0 Å². The van der Waals surface area contributed by atoms with Crippen molar-refractivity contribution in [3.63, 3.8) is 0 Å². The summed E-state index contributed by atoms with van der Waals surface area (Å²) in [5.74, 6) is 1.98. The van der Waals surface area contributed by atoms with Gasteiger partial charge in [-0.2, -0.15) is 0 Å². The smallest absolute Gasteiger partial charge is 0.197 e. The van der Waals surface area contributed by atoms with E-state index < -0.39 is 0 Å². The van der Waals surface area contributed by atoms with E-state index in [-0.39, 0.29) is 10.8 Å². The van der Waals surface area contributed by atoms with Gasteiger partial charge in [-0.3, -0.25) is 4.57 Å².